The predicted molar refractivity (Wildman–Crippen MR) is 98.8 cm³/mol. The highest BCUT2D eigenvalue weighted by atomic mass is 32.1. The van der Waals surface area contributed by atoms with Crippen LogP contribution in [0, 0.1) is 5.92 Å². The molecule has 1 aliphatic carbocycles. The lowest BCUT2D eigenvalue weighted by atomic mass is 9.85. The average Bonchev–Trinajstić information content (AvgIpc) is 3.18. The Morgan fingerprint density at radius 3 is 2.85 bits per heavy atom. The summed E-state index contributed by atoms with van der Waals surface area (Å²) in [7, 11) is 1.46. The van der Waals surface area contributed by atoms with Crippen LogP contribution >= 0.6 is 11.3 Å². The van der Waals surface area contributed by atoms with E-state index < -0.39 is 0 Å². The summed E-state index contributed by atoms with van der Waals surface area (Å²) in [6.07, 6.45) is 5.77. The molecule has 0 aromatic carbocycles. The van der Waals surface area contributed by atoms with Gasteiger partial charge in [-0.3, -0.25) is 14.5 Å². The van der Waals surface area contributed by atoms with Crippen molar-refractivity contribution in [3.05, 3.63) is 16.1 Å². The number of likely N-dealkylation sites (tertiary alicyclic amines) is 1. The van der Waals surface area contributed by atoms with Gasteiger partial charge in [0.05, 0.1) is 25.3 Å². The van der Waals surface area contributed by atoms with Crippen molar-refractivity contribution < 1.29 is 19.1 Å². The van der Waals surface area contributed by atoms with Gasteiger partial charge in [0.2, 0.25) is 0 Å². The Labute approximate surface area is 158 Å². The van der Waals surface area contributed by atoms with Gasteiger partial charge >= 0.3 is 11.9 Å². The number of nitrogens with zero attached hydrogens (tertiary/aromatic N) is 2. The van der Waals surface area contributed by atoms with Gasteiger partial charge < -0.3 is 9.47 Å². The second-order valence-electron chi connectivity index (χ2n) is 7.51. The smallest absolute Gasteiger partial charge is 0.323 e. The molecule has 1 saturated heterocycles. The number of hydrogen-bond acceptors (Lipinski definition) is 7. The van der Waals surface area contributed by atoms with E-state index in [-0.39, 0.29) is 30.5 Å². The normalized spacial score (nSPS) is 25.9. The summed E-state index contributed by atoms with van der Waals surface area (Å²) in [4.78, 5) is 31.0. The van der Waals surface area contributed by atoms with Gasteiger partial charge in [0.25, 0.3) is 0 Å². The Balaban J connectivity index is 1.67. The molecule has 1 saturated carbocycles. The molecule has 7 heteroatoms. The molecular formula is C19H28N2O4S. The largest absolute Gasteiger partial charge is 0.468 e. The first-order valence-electron chi connectivity index (χ1n) is 9.44. The third-order valence-corrected chi connectivity index (χ3v) is 6.20. The number of rotatable bonds is 6. The number of fused-ring (bicyclic) bond motifs is 1. The van der Waals surface area contributed by atoms with E-state index in [2.05, 4.69) is 9.88 Å². The Hall–Kier alpha value is -1.47. The third-order valence-electron chi connectivity index (χ3n) is 5.30. The van der Waals surface area contributed by atoms with Gasteiger partial charge in [-0.05, 0) is 39.0 Å². The van der Waals surface area contributed by atoms with Gasteiger partial charge in [0, 0.05) is 18.0 Å². The number of esters is 2. The third kappa shape index (κ3) is 4.43. The number of ether oxygens (including phenoxy) is 2. The quantitative estimate of drug-likeness (QED) is 0.707. The van der Waals surface area contributed by atoms with E-state index in [0.29, 0.717) is 18.5 Å². The van der Waals surface area contributed by atoms with Crippen LogP contribution in [0.4, 0.5) is 0 Å². The van der Waals surface area contributed by atoms with Crippen molar-refractivity contribution in [2.24, 2.45) is 5.92 Å². The van der Waals surface area contributed by atoms with Crippen LogP contribution in [-0.4, -0.2) is 47.1 Å². The van der Waals surface area contributed by atoms with E-state index in [1.54, 1.807) is 0 Å². The molecule has 0 radical (unpaired) electrons. The van der Waals surface area contributed by atoms with E-state index in [4.69, 9.17) is 9.47 Å². The van der Waals surface area contributed by atoms with Gasteiger partial charge in [-0.15, -0.1) is 11.3 Å². The van der Waals surface area contributed by atoms with Crippen molar-refractivity contribution in [1.29, 1.82) is 0 Å². The molecule has 6 nitrogen and oxygen atoms in total. The summed E-state index contributed by atoms with van der Waals surface area (Å²) in [6.45, 7) is 4.31. The Bertz CT molecular complexity index is 645. The maximum Gasteiger partial charge on any atom is 0.323 e. The van der Waals surface area contributed by atoms with Crippen LogP contribution in [0.5, 0.6) is 0 Å². The molecule has 26 heavy (non-hydrogen) atoms. The zero-order valence-electron chi connectivity index (χ0n) is 15.8. The van der Waals surface area contributed by atoms with E-state index in [1.807, 2.05) is 19.2 Å². The summed E-state index contributed by atoms with van der Waals surface area (Å²) >= 11 is 1.48. The van der Waals surface area contributed by atoms with Crippen molar-refractivity contribution in [3.8, 4) is 0 Å². The minimum atomic E-state index is -0.248. The maximum absolute atomic E-state index is 12.3. The molecule has 144 valence electrons. The predicted octanol–water partition coefficient (Wildman–Crippen LogP) is 2.94. The Morgan fingerprint density at radius 1 is 1.35 bits per heavy atom. The maximum atomic E-state index is 12.3. The fourth-order valence-corrected chi connectivity index (χ4v) is 5.04. The van der Waals surface area contributed by atoms with E-state index >= 15 is 0 Å². The summed E-state index contributed by atoms with van der Waals surface area (Å²) in [5.41, 5.74) is 0.919. The van der Waals surface area contributed by atoms with Crippen molar-refractivity contribution in [2.45, 2.75) is 77.1 Å². The van der Waals surface area contributed by atoms with Gasteiger partial charge in [-0.25, -0.2) is 4.98 Å². The molecule has 1 aliphatic heterocycles. The molecule has 3 atom stereocenters. The van der Waals surface area contributed by atoms with Crippen LogP contribution in [0.3, 0.4) is 0 Å². The van der Waals surface area contributed by atoms with Crippen LogP contribution in [0.15, 0.2) is 5.38 Å². The topological polar surface area (TPSA) is 68.7 Å². The Morgan fingerprint density at radius 2 is 2.12 bits per heavy atom. The SMILES string of the molecule is COC(=O)[C@@H]1C[C@@H]2CCCC[C@H]2N1Cc1csc(CC(=O)OC(C)C)n1. The molecule has 1 aromatic heterocycles. The van der Waals surface area contributed by atoms with Crippen molar-refractivity contribution in [2.75, 3.05) is 7.11 Å². The van der Waals surface area contributed by atoms with E-state index in [9.17, 15) is 9.59 Å². The average molecular weight is 381 g/mol. The summed E-state index contributed by atoms with van der Waals surface area (Å²) in [6, 6.07) is 0.257. The van der Waals surface area contributed by atoms with Crippen LogP contribution in [0.2, 0.25) is 0 Å². The second-order valence-corrected chi connectivity index (χ2v) is 8.45. The van der Waals surface area contributed by atoms with Gasteiger partial charge in [0.15, 0.2) is 0 Å². The van der Waals surface area contributed by atoms with E-state index in [1.165, 1.54) is 37.7 Å². The number of thiazole rings is 1. The molecule has 0 amide bonds. The molecule has 0 bridgehead atoms. The van der Waals surface area contributed by atoms with Crippen LogP contribution in [0.1, 0.15) is 56.7 Å². The number of hydrogen-bond donors (Lipinski definition) is 0. The first kappa shape index (κ1) is 19.3. The minimum absolute atomic E-state index is 0.115. The summed E-state index contributed by atoms with van der Waals surface area (Å²) in [5, 5.41) is 2.75. The fourth-order valence-electron chi connectivity index (χ4n) is 4.27. The highest BCUT2D eigenvalue weighted by Gasteiger charge is 2.45. The van der Waals surface area contributed by atoms with E-state index in [0.717, 1.165) is 23.5 Å². The lowest BCUT2D eigenvalue weighted by Crippen LogP contribution is -2.42. The van der Waals surface area contributed by atoms with Crippen molar-refractivity contribution in [3.63, 3.8) is 0 Å². The molecule has 3 rings (SSSR count). The zero-order valence-corrected chi connectivity index (χ0v) is 16.6. The number of carbonyl (C=O) groups excluding carboxylic acids is 2. The van der Waals surface area contributed by atoms with Gasteiger partial charge in [-0.1, -0.05) is 12.8 Å². The zero-order chi connectivity index (χ0) is 18.7. The minimum Gasteiger partial charge on any atom is -0.468 e. The molecule has 2 aliphatic rings. The fraction of sp³-hybridized carbons (Fsp3) is 0.737. The molecule has 0 spiro atoms. The molecule has 1 aromatic rings. The van der Waals surface area contributed by atoms with Crippen molar-refractivity contribution in [1.82, 2.24) is 9.88 Å². The van der Waals surface area contributed by atoms with Gasteiger partial charge in [-0.2, -0.15) is 0 Å². The van der Waals surface area contributed by atoms with Crippen molar-refractivity contribution >= 4 is 23.3 Å². The molecule has 0 N–H and O–H groups in total. The highest BCUT2D eigenvalue weighted by molar-refractivity contribution is 7.09. The number of methoxy groups -OCH3 is 1. The summed E-state index contributed by atoms with van der Waals surface area (Å²) < 4.78 is 10.2. The van der Waals surface area contributed by atoms with Crippen LogP contribution in [-0.2, 0) is 32.0 Å². The first-order valence-corrected chi connectivity index (χ1v) is 10.3. The Kier molecular flexibility index (Phi) is 6.29. The molecular weight excluding hydrogens is 352 g/mol. The number of carbonyl (C=O) groups is 2. The molecule has 2 heterocycles. The van der Waals surface area contributed by atoms with Crippen LogP contribution < -0.4 is 0 Å². The lowest BCUT2D eigenvalue weighted by Gasteiger charge is -2.32. The standard InChI is InChI=1S/C19H28N2O4S/c1-12(2)25-18(22)9-17-20-14(11-26-17)10-21-15-7-5-4-6-13(15)8-16(21)19(23)24-3/h11-13,15-16H,4-10H2,1-3H3/t13-,15+,16-/m0/s1. The lowest BCUT2D eigenvalue weighted by molar-refractivity contribution is -0.147. The highest BCUT2D eigenvalue weighted by Crippen LogP contribution is 2.40. The number of aromatic nitrogens is 1. The molecule has 2 fully saturated rings. The first-order chi connectivity index (χ1) is 12.5. The monoisotopic (exact) mass is 380 g/mol. The second kappa shape index (κ2) is 8.48. The van der Waals surface area contributed by atoms with Gasteiger partial charge in [0.1, 0.15) is 11.0 Å². The molecule has 0 unspecified atom stereocenters. The van der Waals surface area contributed by atoms with Crippen LogP contribution in [0.25, 0.3) is 0 Å². The summed E-state index contributed by atoms with van der Waals surface area (Å²) in [5.74, 6) is 0.184.